The summed E-state index contributed by atoms with van der Waals surface area (Å²) in [6, 6.07) is 26.8. The first kappa shape index (κ1) is 30.2. The van der Waals surface area contributed by atoms with Gasteiger partial charge in [-0.25, -0.2) is 4.98 Å². The molecule has 0 spiro atoms. The molecule has 3 aromatic carbocycles. The molecule has 0 radical (unpaired) electrons. The minimum Gasteiger partial charge on any atom is -0.487 e. The maximum absolute atomic E-state index is 6.36. The van der Waals surface area contributed by atoms with Crippen molar-refractivity contribution >= 4 is 45.2 Å². The molecule has 3 heterocycles. The van der Waals surface area contributed by atoms with Gasteiger partial charge in [-0.05, 0) is 48.0 Å². The highest BCUT2D eigenvalue weighted by molar-refractivity contribution is 8.00. The van der Waals surface area contributed by atoms with Crippen LogP contribution in [0.5, 0.6) is 5.75 Å². The predicted molar refractivity (Wildman–Crippen MR) is 180 cm³/mol. The van der Waals surface area contributed by atoms with E-state index in [1.54, 1.807) is 0 Å². The van der Waals surface area contributed by atoms with Gasteiger partial charge < -0.3 is 13.8 Å². The zero-order valence-electron chi connectivity index (χ0n) is 26.0. The largest absolute Gasteiger partial charge is 0.487 e. The number of halogens is 1. The molecule has 0 aliphatic carbocycles. The minimum absolute atomic E-state index is 0.0209. The van der Waals surface area contributed by atoms with E-state index >= 15 is 0 Å². The Hall–Kier alpha value is -3.81. The number of nitrogens with zero attached hydrogens (tertiary/aromatic N) is 4. The molecule has 6 rings (SSSR count). The van der Waals surface area contributed by atoms with Gasteiger partial charge in [-0.3, -0.25) is 0 Å². The Morgan fingerprint density at radius 1 is 0.909 bits per heavy atom. The zero-order valence-corrected chi connectivity index (χ0v) is 27.6. The molecule has 0 amide bonds. The fourth-order valence-electron chi connectivity index (χ4n) is 5.41. The van der Waals surface area contributed by atoms with Crippen LogP contribution in [0.1, 0.15) is 63.3 Å². The summed E-state index contributed by atoms with van der Waals surface area (Å²) < 4.78 is 14.2. The van der Waals surface area contributed by atoms with Gasteiger partial charge in [-0.2, -0.15) is 4.98 Å². The zero-order chi connectivity index (χ0) is 31.1. The third-order valence-corrected chi connectivity index (χ3v) is 9.06. The quantitative estimate of drug-likeness (QED) is 0.149. The Labute approximate surface area is 267 Å². The summed E-state index contributed by atoms with van der Waals surface area (Å²) in [6.45, 7) is 14.0. The van der Waals surface area contributed by atoms with E-state index in [-0.39, 0.29) is 10.2 Å². The topological polar surface area (TPSA) is 66.0 Å². The van der Waals surface area contributed by atoms with Crippen LogP contribution in [-0.4, -0.2) is 24.4 Å². The van der Waals surface area contributed by atoms with Crippen molar-refractivity contribution in [1.82, 2.24) is 19.7 Å². The maximum atomic E-state index is 6.36. The second kappa shape index (κ2) is 11.9. The van der Waals surface area contributed by atoms with Crippen molar-refractivity contribution in [2.24, 2.45) is 0 Å². The van der Waals surface area contributed by atoms with Crippen LogP contribution in [0.25, 0.3) is 21.8 Å². The fourth-order valence-corrected chi connectivity index (χ4v) is 6.72. The number of benzene rings is 3. The van der Waals surface area contributed by atoms with Gasteiger partial charge in [0.1, 0.15) is 12.4 Å². The molecule has 0 atom stereocenters. The molecule has 0 aliphatic heterocycles. The Morgan fingerprint density at radius 3 is 2.41 bits per heavy atom. The molecular weight excluding hydrogens is 588 g/mol. The number of pyridine rings is 1. The van der Waals surface area contributed by atoms with Gasteiger partial charge in [-0.15, -0.1) is 11.8 Å². The molecule has 226 valence electrons. The first-order valence-electron chi connectivity index (χ1n) is 14.8. The third-order valence-electron chi connectivity index (χ3n) is 7.54. The summed E-state index contributed by atoms with van der Waals surface area (Å²) >= 11 is 8.13. The maximum Gasteiger partial charge on any atom is 0.223 e. The Morgan fingerprint density at radius 2 is 1.68 bits per heavy atom. The van der Waals surface area contributed by atoms with Gasteiger partial charge in [0.05, 0.1) is 11.2 Å². The fraction of sp³-hybridized carbons (Fsp3) is 0.306. The number of ether oxygens (including phenoxy) is 1. The van der Waals surface area contributed by atoms with Crippen molar-refractivity contribution in [2.45, 2.75) is 76.2 Å². The molecule has 3 aromatic heterocycles. The standard InChI is InChI=1S/C36H37ClN4O2S/c1-23-38-34(40-43-23)36(5,6)20-32-33(44-35(2,3)4)29-19-28(42-22-27-16-13-25-9-7-8-10-30(25)39-27)17-18-31(29)41(32)21-24-11-14-26(37)15-12-24/h7-19H,20-22H2,1-6H3. The second-order valence-corrected chi connectivity index (χ2v) is 15.1. The van der Waals surface area contributed by atoms with Gasteiger partial charge >= 0.3 is 0 Å². The van der Waals surface area contributed by atoms with Crippen molar-refractivity contribution in [3.8, 4) is 5.75 Å². The first-order chi connectivity index (χ1) is 20.9. The van der Waals surface area contributed by atoms with Crippen LogP contribution in [0.4, 0.5) is 0 Å². The lowest BCUT2D eigenvalue weighted by molar-refractivity contribution is 0.302. The van der Waals surface area contributed by atoms with E-state index in [9.17, 15) is 0 Å². The molecule has 0 aliphatic rings. The van der Waals surface area contributed by atoms with Crippen molar-refractivity contribution < 1.29 is 9.26 Å². The summed E-state index contributed by atoms with van der Waals surface area (Å²) in [5.74, 6) is 2.09. The highest BCUT2D eigenvalue weighted by Crippen LogP contribution is 2.44. The first-order valence-corrected chi connectivity index (χ1v) is 16.0. The summed E-state index contributed by atoms with van der Waals surface area (Å²) in [5, 5.41) is 7.32. The summed E-state index contributed by atoms with van der Waals surface area (Å²) in [7, 11) is 0. The van der Waals surface area contributed by atoms with E-state index in [4.69, 9.17) is 25.8 Å². The molecule has 8 heteroatoms. The Bertz CT molecular complexity index is 1940. The number of thioether (sulfide) groups is 1. The van der Waals surface area contributed by atoms with Crippen molar-refractivity contribution in [2.75, 3.05) is 0 Å². The molecule has 0 unspecified atom stereocenters. The van der Waals surface area contributed by atoms with Crippen molar-refractivity contribution in [3.63, 3.8) is 0 Å². The van der Waals surface area contributed by atoms with Gasteiger partial charge in [0.15, 0.2) is 5.82 Å². The molecule has 0 N–H and O–H groups in total. The molecular formula is C36H37ClN4O2S. The van der Waals surface area contributed by atoms with E-state index < -0.39 is 0 Å². The number of fused-ring (bicyclic) bond motifs is 2. The van der Waals surface area contributed by atoms with Gasteiger partial charge in [0.25, 0.3) is 0 Å². The number of hydrogen-bond acceptors (Lipinski definition) is 6. The summed E-state index contributed by atoms with van der Waals surface area (Å²) in [5.41, 5.74) is 5.06. The Balaban J connectivity index is 1.43. The molecule has 6 aromatic rings. The number of para-hydroxylation sites is 1. The Kier molecular flexibility index (Phi) is 8.20. The molecule has 0 saturated heterocycles. The van der Waals surface area contributed by atoms with Gasteiger partial charge in [0, 0.05) is 62.0 Å². The van der Waals surface area contributed by atoms with Crippen LogP contribution in [0.2, 0.25) is 5.02 Å². The third kappa shape index (κ3) is 6.64. The average Bonchev–Trinajstić information content (AvgIpc) is 3.54. The SMILES string of the molecule is Cc1nc(C(C)(C)Cc2c(SC(C)(C)C)c3cc(OCc4ccc5ccccc5n4)ccc3n2Cc2ccc(Cl)cc2)no1. The van der Waals surface area contributed by atoms with E-state index in [2.05, 4.69) is 91.8 Å². The average molecular weight is 625 g/mol. The van der Waals surface area contributed by atoms with Crippen LogP contribution in [0.15, 0.2) is 88.3 Å². The van der Waals surface area contributed by atoms with E-state index in [1.165, 1.54) is 16.2 Å². The number of aromatic nitrogens is 4. The number of hydrogen-bond donors (Lipinski definition) is 0. The van der Waals surface area contributed by atoms with Gasteiger partial charge in [0.2, 0.25) is 5.89 Å². The highest BCUT2D eigenvalue weighted by atomic mass is 35.5. The smallest absolute Gasteiger partial charge is 0.223 e. The van der Waals surface area contributed by atoms with Crippen molar-refractivity contribution in [1.29, 1.82) is 0 Å². The van der Waals surface area contributed by atoms with Gasteiger partial charge in [-0.1, -0.05) is 87.8 Å². The minimum atomic E-state index is -0.363. The predicted octanol–water partition coefficient (Wildman–Crippen LogP) is 9.57. The second-order valence-electron chi connectivity index (χ2n) is 12.9. The lowest BCUT2D eigenvalue weighted by Crippen LogP contribution is -2.25. The summed E-state index contributed by atoms with van der Waals surface area (Å²) in [6.07, 6.45) is 0.726. The van der Waals surface area contributed by atoms with Crippen LogP contribution in [-0.2, 0) is 25.0 Å². The molecule has 44 heavy (non-hydrogen) atoms. The van der Waals surface area contributed by atoms with E-state index in [0.717, 1.165) is 44.7 Å². The lowest BCUT2D eigenvalue weighted by atomic mass is 9.87. The van der Waals surface area contributed by atoms with Crippen molar-refractivity contribution in [3.05, 3.63) is 113 Å². The lowest BCUT2D eigenvalue weighted by Gasteiger charge is -2.25. The molecule has 0 saturated carbocycles. The van der Waals surface area contributed by atoms with E-state index in [0.29, 0.717) is 24.9 Å². The van der Waals surface area contributed by atoms with Crippen LogP contribution in [0, 0.1) is 6.92 Å². The monoisotopic (exact) mass is 624 g/mol. The number of rotatable bonds is 9. The van der Waals surface area contributed by atoms with Crippen LogP contribution in [0.3, 0.4) is 0 Å². The normalized spacial score (nSPS) is 12.3. The molecule has 0 bridgehead atoms. The van der Waals surface area contributed by atoms with E-state index in [1.807, 2.05) is 55.1 Å². The van der Waals surface area contributed by atoms with Crippen LogP contribution < -0.4 is 4.74 Å². The number of aryl methyl sites for hydroxylation is 1. The molecule has 0 fully saturated rings. The molecule has 6 nitrogen and oxygen atoms in total. The highest BCUT2D eigenvalue weighted by Gasteiger charge is 2.32. The summed E-state index contributed by atoms with van der Waals surface area (Å²) in [4.78, 5) is 10.7. The van der Waals surface area contributed by atoms with Crippen LogP contribution >= 0.6 is 23.4 Å².